The van der Waals surface area contributed by atoms with Gasteiger partial charge in [-0.3, -0.25) is 24.6 Å². The lowest BCUT2D eigenvalue weighted by molar-refractivity contribution is -0.384. The van der Waals surface area contributed by atoms with E-state index >= 15 is 0 Å². The van der Waals surface area contributed by atoms with Crippen LogP contribution in [0.15, 0.2) is 47.3 Å². The molecule has 190 valence electrons. The molecule has 0 aliphatic carbocycles. The molecule has 35 heavy (non-hydrogen) atoms. The molecule has 2 unspecified atom stereocenters. The van der Waals surface area contributed by atoms with Crippen LogP contribution in [0, 0.1) is 15.5 Å². The Bertz CT molecular complexity index is 1100. The fraction of sp³-hybridized carbons (Fsp3) is 0.480. The van der Waals surface area contributed by atoms with Crippen LogP contribution >= 0.6 is 0 Å². The van der Waals surface area contributed by atoms with E-state index in [0.717, 1.165) is 0 Å². The van der Waals surface area contributed by atoms with Gasteiger partial charge in [-0.25, -0.2) is 4.79 Å². The van der Waals surface area contributed by atoms with Crippen LogP contribution in [0.5, 0.6) is 0 Å². The summed E-state index contributed by atoms with van der Waals surface area (Å²) in [7, 11) is 1.22. The summed E-state index contributed by atoms with van der Waals surface area (Å²) in [5, 5.41) is 11.3. The van der Waals surface area contributed by atoms with Gasteiger partial charge < -0.3 is 15.2 Å². The monoisotopic (exact) mass is 487 g/mol. The third-order valence-electron chi connectivity index (χ3n) is 5.77. The first-order valence-corrected chi connectivity index (χ1v) is 11.1. The summed E-state index contributed by atoms with van der Waals surface area (Å²) in [5.74, 6) is -2.40. The molecule has 1 amide bonds. The molecule has 0 fully saturated rings. The van der Waals surface area contributed by atoms with Crippen LogP contribution in [-0.4, -0.2) is 46.9 Å². The van der Waals surface area contributed by atoms with Crippen LogP contribution in [0.1, 0.15) is 59.4 Å². The highest BCUT2D eigenvalue weighted by molar-refractivity contribution is 5.96. The molecular weight excluding hydrogens is 454 g/mol. The summed E-state index contributed by atoms with van der Waals surface area (Å²) in [6.07, 6.45) is 1.42. The van der Waals surface area contributed by atoms with Gasteiger partial charge in [0.2, 0.25) is 5.91 Å². The Hall–Kier alpha value is -3.53. The molecule has 0 radical (unpaired) electrons. The number of allylic oxidation sites excluding steroid dienone is 3. The molecule has 0 saturated carbocycles. The first-order chi connectivity index (χ1) is 16.1. The fourth-order valence-corrected chi connectivity index (χ4v) is 4.00. The largest absolute Gasteiger partial charge is 0.466 e. The number of hydrogen-bond donors (Lipinski definition) is 1. The molecule has 0 saturated heterocycles. The van der Waals surface area contributed by atoms with E-state index in [1.807, 2.05) is 0 Å². The first-order valence-electron chi connectivity index (χ1n) is 11.1. The number of non-ortho nitro benzene ring substituents is 1. The van der Waals surface area contributed by atoms with Crippen molar-refractivity contribution < 1.29 is 28.8 Å². The summed E-state index contributed by atoms with van der Waals surface area (Å²) < 4.78 is 10.4. The van der Waals surface area contributed by atoms with Gasteiger partial charge in [-0.15, -0.1) is 0 Å². The van der Waals surface area contributed by atoms with Crippen molar-refractivity contribution in [3.63, 3.8) is 0 Å². The molecule has 2 atom stereocenters. The van der Waals surface area contributed by atoms with Gasteiger partial charge >= 0.3 is 11.9 Å². The van der Waals surface area contributed by atoms with Gasteiger partial charge in [-0.05, 0) is 47.1 Å². The summed E-state index contributed by atoms with van der Waals surface area (Å²) in [5.41, 5.74) is 5.24. The number of rotatable bonds is 7. The number of benzene rings is 1. The number of esters is 2. The molecule has 2 N–H and O–H groups in total. The second kappa shape index (κ2) is 10.4. The van der Waals surface area contributed by atoms with Crippen molar-refractivity contribution >= 4 is 23.5 Å². The summed E-state index contributed by atoms with van der Waals surface area (Å²) in [4.78, 5) is 51.2. The number of methoxy groups -OCH3 is 1. The molecule has 1 aromatic carbocycles. The highest BCUT2D eigenvalue weighted by Crippen LogP contribution is 2.40. The minimum absolute atomic E-state index is 0.123. The Balaban J connectivity index is 2.55. The zero-order valence-corrected chi connectivity index (χ0v) is 21.2. The summed E-state index contributed by atoms with van der Waals surface area (Å²) in [6.45, 7) is 9.91. The lowest BCUT2D eigenvalue weighted by Crippen LogP contribution is -2.48. The first kappa shape index (κ1) is 27.7. The molecule has 10 nitrogen and oxygen atoms in total. The zero-order chi connectivity index (χ0) is 26.7. The van der Waals surface area contributed by atoms with E-state index in [4.69, 9.17) is 15.2 Å². The number of amides is 1. The number of hydrogen-bond acceptors (Lipinski definition) is 8. The van der Waals surface area contributed by atoms with E-state index < -0.39 is 39.7 Å². The molecule has 1 aliphatic rings. The van der Waals surface area contributed by atoms with E-state index in [1.165, 1.54) is 30.2 Å². The van der Waals surface area contributed by atoms with Crippen LogP contribution in [0.25, 0.3) is 0 Å². The van der Waals surface area contributed by atoms with Gasteiger partial charge in [0, 0.05) is 36.0 Å². The minimum Gasteiger partial charge on any atom is -0.466 e. The second-order valence-electron chi connectivity index (χ2n) is 9.80. The van der Waals surface area contributed by atoms with Crippen molar-refractivity contribution in [2.75, 3.05) is 13.7 Å². The Labute approximate surface area is 204 Å². The number of nitrogens with two attached hydrogens (primary N) is 1. The number of nitrogens with zero attached hydrogens (tertiary/aromatic N) is 2. The molecule has 1 heterocycles. The summed E-state index contributed by atoms with van der Waals surface area (Å²) >= 11 is 0. The quantitative estimate of drug-likeness (QED) is 0.349. The molecule has 0 aromatic heterocycles. The smallest absolute Gasteiger partial charge is 0.336 e. The van der Waals surface area contributed by atoms with Crippen molar-refractivity contribution in [2.24, 2.45) is 11.1 Å². The lowest BCUT2D eigenvalue weighted by Gasteiger charge is -2.38. The van der Waals surface area contributed by atoms with Crippen molar-refractivity contribution in [1.82, 2.24) is 4.90 Å². The predicted octanol–water partition coefficient (Wildman–Crippen LogP) is 3.57. The Kier molecular flexibility index (Phi) is 8.23. The second-order valence-corrected chi connectivity index (χ2v) is 9.80. The molecule has 10 heteroatoms. The van der Waals surface area contributed by atoms with Crippen LogP contribution in [0.2, 0.25) is 0 Å². The van der Waals surface area contributed by atoms with Gasteiger partial charge in [0.05, 0.1) is 29.4 Å². The normalized spacial score (nSPS) is 17.9. The topological polar surface area (TPSA) is 142 Å². The standard InChI is InChI=1S/C25H33N3O7/c1-15-11-19(17-9-8-10-18(12-17)28(32)33)21(22(30)34-7)16(2)27(15)23(31)25(6,14-26)13-20(29)35-24(3,4)5/h8-12,19H,13-14,26H2,1-7H3. The van der Waals surface area contributed by atoms with E-state index in [-0.39, 0.29) is 24.2 Å². The van der Waals surface area contributed by atoms with Crippen molar-refractivity contribution in [3.05, 3.63) is 63.0 Å². The molecule has 1 aliphatic heterocycles. The predicted molar refractivity (Wildman–Crippen MR) is 129 cm³/mol. The summed E-state index contributed by atoms with van der Waals surface area (Å²) in [6, 6.07) is 5.94. The van der Waals surface area contributed by atoms with Crippen molar-refractivity contribution in [1.29, 1.82) is 0 Å². The fourth-order valence-electron chi connectivity index (χ4n) is 4.00. The molecule has 0 bridgehead atoms. The highest BCUT2D eigenvalue weighted by Gasteiger charge is 2.43. The number of ether oxygens (including phenoxy) is 2. The van der Waals surface area contributed by atoms with Crippen LogP contribution in [-0.2, 0) is 23.9 Å². The van der Waals surface area contributed by atoms with Crippen LogP contribution in [0.4, 0.5) is 5.69 Å². The van der Waals surface area contributed by atoms with Crippen LogP contribution in [0.3, 0.4) is 0 Å². The minimum atomic E-state index is -1.31. The van der Waals surface area contributed by atoms with E-state index in [1.54, 1.807) is 53.7 Å². The molecular formula is C25H33N3O7. The molecule has 2 rings (SSSR count). The van der Waals surface area contributed by atoms with Gasteiger partial charge in [0.1, 0.15) is 5.60 Å². The number of carbonyl (C=O) groups is 3. The van der Waals surface area contributed by atoms with E-state index in [9.17, 15) is 24.5 Å². The maximum Gasteiger partial charge on any atom is 0.336 e. The maximum atomic E-state index is 13.7. The zero-order valence-electron chi connectivity index (χ0n) is 21.2. The third-order valence-corrected chi connectivity index (χ3v) is 5.77. The van der Waals surface area contributed by atoms with Gasteiger partial charge in [0.25, 0.3) is 5.69 Å². The Morgan fingerprint density at radius 1 is 1.17 bits per heavy atom. The van der Waals surface area contributed by atoms with Crippen molar-refractivity contribution in [3.8, 4) is 0 Å². The van der Waals surface area contributed by atoms with Crippen molar-refractivity contribution in [2.45, 2.75) is 59.5 Å². The van der Waals surface area contributed by atoms with E-state index in [0.29, 0.717) is 17.0 Å². The van der Waals surface area contributed by atoms with Crippen LogP contribution < -0.4 is 5.73 Å². The Morgan fingerprint density at radius 3 is 2.31 bits per heavy atom. The SMILES string of the molecule is COC(=O)C1=C(C)N(C(=O)C(C)(CN)CC(=O)OC(C)(C)C)C(C)=CC1c1cccc([N+](=O)[O-])c1. The van der Waals surface area contributed by atoms with Gasteiger partial charge in [-0.2, -0.15) is 0 Å². The third kappa shape index (κ3) is 6.13. The maximum absolute atomic E-state index is 13.7. The lowest BCUT2D eigenvalue weighted by atomic mass is 9.82. The highest BCUT2D eigenvalue weighted by atomic mass is 16.6. The number of nitro benzene ring substituents is 1. The molecule has 0 spiro atoms. The Morgan fingerprint density at radius 2 is 1.80 bits per heavy atom. The average Bonchev–Trinajstić information content (AvgIpc) is 2.76. The number of carbonyl (C=O) groups excluding carboxylic acids is 3. The van der Waals surface area contributed by atoms with E-state index in [2.05, 4.69) is 0 Å². The average molecular weight is 488 g/mol. The number of nitro groups is 1. The van der Waals surface area contributed by atoms with Gasteiger partial charge in [0.15, 0.2) is 0 Å². The van der Waals surface area contributed by atoms with Gasteiger partial charge in [-0.1, -0.05) is 18.2 Å². The molecule has 1 aromatic rings.